The molecular formula is C13H21N3O2S. The summed E-state index contributed by atoms with van der Waals surface area (Å²) in [6, 6.07) is 3.35. The Kier molecular flexibility index (Phi) is 5.95. The Morgan fingerprint density at radius 3 is 2.74 bits per heavy atom. The minimum atomic E-state index is -0.920. The minimum Gasteiger partial charge on any atom is -0.370 e. The zero-order chi connectivity index (χ0) is 14.4. The van der Waals surface area contributed by atoms with Crippen LogP contribution in [0.2, 0.25) is 0 Å². The highest BCUT2D eigenvalue weighted by Gasteiger charge is 2.12. The number of nitrogens with zero attached hydrogens (tertiary/aromatic N) is 1. The van der Waals surface area contributed by atoms with Crippen LogP contribution in [0.25, 0.3) is 0 Å². The number of carbonyl (C=O) groups is 1. The van der Waals surface area contributed by atoms with Gasteiger partial charge in [0.25, 0.3) is 5.91 Å². The van der Waals surface area contributed by atoms with Gasteiger partial charge in [0.2, 0.25) is 0 Å². The fourth-order valence-corrected chi connectivity index (χ4v) is 2.56. The molecule has 0 saturated carbocycles. The number of rotatable bonds is 6. The van der Waals surface area contributed by atoms with Crippen LogP contribution >= 0.6 is 0 Å². The van der Waals surface area contributed by atoms with Crippen LogP contribution in [-0.2, 0) is 10.8 Å². The average molecular weight is 283 g/mol. The number of aromatic nitrogens is 1. The zero-order valence-corrected chi connectivity index (χ0v) is 12.6. The van der Waals surface area contributed by atoms with Crippen molar-refractivity contribution in [1.82, 2.24) is 10.3 Å². The van der Waals surface area contributed by atoms with E-state index in [0.717, 1.165) is 12.2 Å². The monoisotopic (exact) mass is 283 g/mol. The van der Waals surface area contributed by atoms with Gasteiger partial charge >= 0.3 is 0 Å². The summed E-state index contributed by atoms with van der Waals surface area (Å²) < 4.78 is 11.1. The first-order valence-corrected chi connectivity index (χ1v) is 7.98. The van der Waals surface area contributed by atoms with Gasteiger partial charge < -0.3 is 10.6 Å². The highest BCUT2D eigenvalue weighted by Crippen LogP contribution is 2.10. The lowest BCUT2D eigenvalue weighted by molar-refractivity contribution is 0.0943. The average Bonchev–Trinajstić information content (AvgIpc) is 2.27. The third-order valence-corrected chi connectivity index (χ3v) is 3.41. The summed E-state index contributed by atoms with van der Waals surface area (Å²) in [5, 5.41) is 5.93. The van der Waals surface area contributed by atoms with Crippen LogP contribution in [0.4, 0.5) is 5.82 Å². The molecule has 1 aromatic heterocycles. The number of carbonyl (C=O) groups excluding carboxylic acids is 1. The van der Waals surface area contributed by atoms with E-state index >= 15 is 0 Å². The van der Waals surface area contributed by atoms with Gasteiger partial charge in [-0.15, -0.1) is 0 Å². The summed E-state index contributed by atoms with van der Waals surface area (Å²) in [7, 11) is -0.920. The molecule has 0 aliphatic rings. The summed E-state index contributed by atoms with van der Waals surface area (Å²) in [6.45, 7) is 6.42. The first-order chi connectivity index (χ1) is 8.92. The molecule has 1 heterocycles. The Bertz CT molecular complexity index is 477. The Morgan fingerprint density at radius 1 is 1.47 bits per heavy atom. The second kappa shape index (κ2) is 7.23. The van der Waals surface area contributed by atoms with Crippen LogP contribution in [0.5, 0.6) is 0 Å². The van der Waals surface area contributed by atoms with E-state index in [4.69, 9.17) is 0 Å². The van der Waals surface area contributed by atoms with Gasteiger partial charge in [0.15, 0.2) is 0 Å². The molecule has 0 saturated heterocycles. The maximum Gasteiger partial charge on any atom is 0.251 e. The van der Waals surface area contributed by atoms with Gasteiger partial charge in [0.1, 0.15) is 5.82 Å². The number of pyridine rings is 1. The van der Waals surface area contributed by atoms with E-state index in [1.54, 1.807) is 18.4 Å². The topological polar surface area (TPSA) is 71.1 Å². The third-order valence-electron chi connectivity index (χ3n) is 2.44. The Balaban J connectivity index is 2.78. The number of nitrogens with one attached hydrogen (secondary N) is 2. The van der Waals surface area contributed by atoms with Crippen LogP contribution < -0.4 is 10.6 Å². The van der Waals surface area contributed by atoms with Gasteiger partial charge in [-0.3, -0.25) is 9.00 Å². The highest BCUT2D eigenvalue weighted by atomic mass is 32.2. The highest BCUT2D eigenvalue weighted by molar-refractivity contribution is 7.84. The summed E-state index contributed by atoms with van der Waals surface area (Å²) in [4.78, 5) is 16.4. The van der Waals surface area contributed by atoms with Crippen molar-refractivity contribution in [3.8, 4) is 0 Å². The van der Waals surface area contributed by atoms with Gasteiger partial charge in [-0.25, -0.2) is 4.98 Å². The first kappa shape index (κ1) is 15.6. The lowest BCUT2D eigenvalue weighted by atomic mass is 10.2. The molecule has 2 atom stereocenters. The molecule has 5 nitrogen and oxygen atoms in total. The fourth-order valence-electron chi connectivity index (χ4n) is 1.77. The SMILES string of the molecule is CCNc1cc(C(=O)NC(C)CS(C)=O)cc(C)n1. The van der Waals surface area contributed by atoms with Crippen molar-refractivity contribution >= 4 is 22.5 Å². The Morgan fingerprint density at radius 2 is 2.16 bits per heavy atom. The zero-order valence-electron chi connectivity index (χ0n) is 11.8. The van der Waals surface area contributed by atoms with Gasteiger partial charge in [-0.2, -0.15) is 0 Å². The molecule has 19 heavy (non-hydrogen) atoms. The second-order valence-electron chi connectivity index (χ2n) is 4.53. The van der Waals surface area contributed by atoms with Crippen molar-refractivity contribution in [2.75, 3.05) is 23.9 Å². The van der Waals surface area contributed by atoms with E-state index in [2.05, 4.69) is 15.6 Å². The molecule has 0 spiro atoms. The molecule has 1 amide bonds. The van der Waals surface area contributed by atoms with E-state index in [0.29, 0.717) is 17.1 Å². The maximum absolute atomic E-state index is 12.1. The summed E-state index contributed by atoms with van der Waals surface area (Å²) in [6.07, 6.45) is 1.63. The Hall–Kier alpha value is -1.43. The molecular weight excluding hydrogens is 262 g/mol. The molecule has 6 heteroatoms. The summed E-state index contributed by atoms with van der Waals surface area (Å²) in [5.74, 6) is 0.984. The number of amides is 1. The molecule has 1 rings (SSSR count). The molecule has 2 unspecified atom stereocenters. The molecule has 0 fully saturated rings. The third kappa shape index (κ3) is 5.38. The van der Waals surface area contributed by atoms with E-state index in [1.807, 2.05) is 20.8 Å². The molecule has 0 aliphatic carbocycles. The fraction of sp³-hybridized carbons (Fsp3) is 0.538. The molecule has 0 radical (unpaired) electrons. The summed E-state index contributed by atoms with van der Waals surface area (Å²) in [5.41, 5.74) is 1.35. The predicted octanol–water partition coefficient (Wildman–Crippen LogP) is 1.32. The number of aryl methyl sites for hydroxylation is 1. The Labute approximate surface area is 116 Å². The van der Waals surface area contributed by atoms with Crippen LogP contribution in [0.3, 0.4) is 0 Å². The van der Waals surface area contributed by atoms with Gasteiger partial charge in [-0.1, -0.05) is 0 Å². The van der Waals surface area contributed by atoms with Crippen LogP contribution in [0.1, 0.15) is 29.9 Å². The van der Waals surface area contributed by atoms with Crippen LogP contribution in [0, 0.1) is 6.92 Å². The standard InChI is InChI=1S/C13H21N3O2S/c1-5-14-12-7-11(6-9(2)15-12)13(17)16-10(3)8-19(4)18/h6-7,10H,5,8H2,1-4H3,(H,14,15)(H,16,17). The van der Waals surface area contributed by atoms with Crippen molar-refractivity contribution in [3.05, 3.63) is 23.4 Å². The number of anilines is 1. The van der Waals surface area contributed by atoms with Crippen molar-refractivity contribution in [3.63, 3.8) is 0 Å². The molecule has 0 aliphatic heterocycles. The second-order valence-corrected chi connectivity index (χ2v) is 6.01. The largest absolute Gasteiger partial charge is 0.370 e. The van der Waals surface area contributed by atoms with Crippen LogP contribution in [0.15, 0.2) is 12.1 Å². The number of hydrogen-bond donors (Lipinski definition) is 2. The van der Waals surface area contributed by atoms with E-state index in [1.165, 1.54) is 0 Å². The van der Waals surface area contributed by atoms with Gasteiger partial charge in [-0.05, 0) is 32.9 Å². The van der Waals surface area contributed by atoms with E-state index < -0.39 is 10.8 Å². The molecule has 1 aromatic rings. The van der Waals surface area contributed by atoms with Crippen molar-refractivity contribution in [1.29, 1.82) is 0 Å². The normalized spacial score (nSPS) is 13.7. The number of hydrogen-bond acceptors (Lipinski definition) is 4. The maximum atomic E-state index is 12.1. The van der Waals surface area contributed by atoms with Gasteiger partial charge in [0.05, 0.1) is 0 Å². The van der Waals surface area contributed by atoms with Crippen LogP contribution in [-0.4, -0.2) is 39.7 Å². The van der Waals surface area contributed by atoms with Crippen molar-refractivity contribution in [2.45, 2.75) is 26.8 Å². The van der Waals surface area contributed by atoms with Crippen molar-refractivity contribution < 1.29 is 9.00 Å². The van der Waals surface area contributed by atoms with Crippen molar-refractivity contribution in [2.24, 2.45) is 0 Å². The molecule has 106 valence electrons. The quantitative estimate of drug-likeness (QED) is 0.826. The molecule has 0 bridgehead atoms. The molecule has 2 N–H and O–H groups in total. The molecule has 0 aromatic carbocycles. The minimum absolute atomic E-state index is 0.116. The van der Waals surface area contributed by atoms with E-state index in [-0.39, 0.29) is 11.9 Å². The van der Waals surface area contributed by atoms with E-state index in [9.17, 15) is 9.00 Å². The first-order valence-electron chi connectivity index (χ1n) is 6.25. The lowest BCUT2D eigenvalue weighted by Crippen LogP contribution is -2.36. The summed E-state index contributed by atoms with van der Waals surface area (Å²) >= 11 is 0. The lowest BCUT2D eigenvalue weighted by Gasteiger charge is -2.13. The predicted molar refractivity (Wildman–Crippen MR) is 79.0 cm³/mol. The smallest absolute Gasteiger partial charge is 0.251 e. The van der Waals surface area contributed by atoms with Gasteiger partial charge in [0, 0.05) is 46.7 Å².